The fourth-order valence-corrected chi connectivity index (χ4v) is 2.54. The molecule has 80 valence electrons. The number of rotatable bonds is 1. The van der Waals surface area contributed by atoms with Crippen molar-refractivity contribution in [3.05, 3.63) is 0 Å². The van der Waals surface area contributed by atoms with Crippen LogP contribution in [0, 0.1) is 5.92 Å². The first kappa shape index (κ1) is 9.97. The molecule has 2 atom stereocenters. The van der Waals surface area contributed by atoms with Crippen molar-refractivity contribution in [2.24, 2.45) is 5.92 Å². The Balaban J connectivity index is 1.92. The molecular weight excluding hydrogens is 176 g/mol. The van der Waals surface area contributed by atoms with E-state index in [1.807, 2.05) is 0 Å². The number of likely N-dealkylation sites (tertiary alicyclic amines) is 1. The molecule has 2 unspecified atom stereocenters. The molecule has 2 rings (SSSR count). The zero-order valence-electron chi connectivity index (χ0n) is 8.96. The minimum Gasteiger partial charge on any atom is -0.342 e. The summed E-state index contributed by atoms with van der Waals surface area (Å²) in [5.41, 5.74) is 0. The molecule has 2 heterocycles. The van der Waals surface area contributed by atoms with Gasteiger partial charge >= 0.3 is 0 Å². The highest BCUT2D eigenvalue weighted by atomic mass is 16.2. The predicted octanol–water partition coefficient (Wildman–Crippen LogP) is 0.997. The Morgan fingerprint density at radius 3 is 2.57 bits per heavy atom. The second-order valence-electron chi connectivity index (χ2n) is 4.52. The standard InChI is InChI=1S/C11H20N2O/c1-9-10(5-6-12-9)11(14)13-7-3-2-4-8-13/h9-10,12H,2-8H2,1H3. The van der Waals surface area contributed by atoms with E-state index in [2.05, 4.69) is 17.1 Å². The average Bonchev–Trinajstić information content (AvgIpc) is 2.65. The van der Waals surface area contributed by atoms with Crippen LogP contribution in [-0.4, -0.2) is 36.5 Å². The highest BCUT2D eigenvalue weighted by molar-refractivity contribution is 5.80. The Kier molecular flexibility index (Phi) is 3.06. The van der Waals surface area contributed by atoms with Gasteiger partial charge in [-0.3, -0.25) is 4.79 Å². The molecule has 14 heavy (non-hydrogen) atoms. The van der Waals surface area contributed by atoms with E-state index >= 15 is 0 Å². The zero-order chi connectivity index (χ0) is 9.97. The molecular formula is C11H20N2O. The van der Waals surface area contributed by atoms with Crippen LogP contribution in [0.15, 0.2) is 0 Å². The maximum Gasteiger partial charge on any atom is 0.227 e. The monoisotopic (exact) mass is 196 g/mol. The molecule has 0 aliphatic carbocycles. The first-order valence-electron chi connectivity index (χ1n) is 5.81. The van der Waals surface area contributed by atoms with E-state index in [1.54, 1.807) is 0 Å². The highest BCUT2D eigenvalue weighted by Gasteiger charge is 2.32. The number of carbonyl (C=O) groups is 1. The SMILES string of the molecule is CC1NCCC1C(=O)N1CCCCC1. The Bertz CT molecular complexity index is 211. The molecule has 3 nitrogen and oxygen atoms in total. The lowest BCUT2D eigenvalue weighted by atomic mass is 9.99. The summed E-state index contributed by atoms with van der Waals surface area (Å²) < 4.78 is 0. The van der Waals surface area contributed by atoms with Crippen molar-refractivity contribution >= 4 is 5.91 Å². The van der Waals surface area contributed by atoms with E-state index < -0.39 is 0 Å². The number of carbonyl (C=O) groups excluding carboxylic acids is 1. The third kappa shape index (κ3) is 1.92. The lowest BCUT2D eigenvalue weighted by Crippen LogP contribution is -2.42. The van der Waals surface area contributed by atoms with Crippen LogP contribution < -0.4 is 5.32 Å². The van der Waals surface area contributed by atoms with E-state index in [1.165, 1.54) is 19.3 Å². The second kappa shape index (κ2) is 4.30. The molecule has 1 amide bonds. The number of hydrogen-bond donors (Lipinski definition) is 1. The maximum atomic E-state index is 12.1. The van der Waals surface area contributed by atoms with Gasteiger partial charge in [-0.25, -0.2) is 0 Å². The maximum absolute atomic E-state index is 12.1. The molecule has 3 heteroatoms. The molecule has 0 spiro atoms. The van der Waals surface area contributed by atoms with Gasteiger partial charge in [0, 0.05) is 19.1 Å². The van der Waals surface area contributed by atoms with Gasteiger partial charge in [0.2, 0.25) is 5.91 Å². The van der Waals surface area contributed by atoms with E-state index in [0.717, 1.165) is 26.1 Å². The van der Waals surface area contributed by atoms with Gasteiger partial charge in [0.15, 0.2) is 0 Å². The molecule has 0 aromatic heterocycles. The Labute approximate surface area is 85.8 Å². The third-order valence-electron chi connectivity index (χ3n) is 3.51. The second-order valence-corrected chi connectivity index (χ2v) is 4.52. The highest BCUT2D eigenvalue weighted by Crippen LogP contribution is 2.20. The minimum atomic E-state index is 0.244. The number of piperidine rings is 1. The summed E-state index contributed by atoms with van der Waals surface area (Å²) in [5.74, 6) is 0.635. The summed E-state index contributed by atoms with van der Waals surface area (Å²) in [5, 5.41) is 3.34. The summed E-state index contributed by atoms with van der Waals surface area (Å²) >= 11 is 0. The Morgan fingerprint density at radius 1 is 1.29 bits per heavy atom. The van der Waals surface area contributed by atoms with Crippen LogP contribution in [-0.2, 0) is 4.79 Å². The lowest BCUT2D eigenvalue weighted by Gasteiger charge is -2.30. The van der Waals surface area contributed by atoms with Gasteiger partial charge in [-0.05, 0) is 39.2 Å². The molecule has 0 radical (unpaired) electrons. The van der Waals surface area contributed by atoms with Crippen LogP contribution in [0.2, 0.25) is 0 Å². The lowest BCUT2D eigenvalue weighted by molar-refractivity contribution is -0.136. The van der Waals surface area contributed by atoms with Crippen LogP contribution >= 0.6 is 0 Å². The first-order valence-corrected chi connectivity index (χ1v) is 5.81. The largest absolute Gasteiger partial charge is 0.342 e. The van der Waals surface area contributed by atoms with Crippen LogP contribution in [0.5, 0.6) is 0 Å². The number of amides is 1. The molecule has 0 bridgehead atoms. The zero-order valence-corrected chi connectivity index (χ0v) is 8.96. The van der Waals surface area contributed by atoms with Crippen LogP contribution in [0.25, 0.3) is 0 Å². The molecule has 0 saturated carbocycles. The number of nitrogens with one attached hydrogen (secondary N) is 1. The topological polar surface area (TPSA) is 32.3 Å². The molecule has 0 aromatic carbocycles. The molecule has 2 aliphatic heterocycles. The number of hydrogen-bond acceptors (Lipinski definition) is 2. The smallest absolute Gasteiger partial charge is 0.227 e. The summed E-state index contributed by atoms with van der Waals surface area (Å²) in [7, 11) is 0. The normalized spacial score (nSPS) is 33.4. The quantitative estimate of drug-likeness (QED) is 0.678. The van der Waals surface area contributed by atoms with Gasteiger partial charge in [0.1, 0.15) is 0 Å². The van der Waals surface area contributed by atoms with Crippen molar-refractivity contribution in [1.82, 2.24) is 10.2 Å². The van der Waals surface area contributed by atoms with Crippen LogP contribution in [0.3, 0.4) is 0 Å². The summed E-state index contributed by atoms with van der Waals surface area (Å²) in [6.45, 7) is 5.11. The number of nitrogens with zero attached hydrogens (tertiary/aromatic N) is 1. The Hall–Kier alpha value is -0.570. The molecule has 1 N–H and O–H groups in total. The van der Waals surface area contributed by atoms with Crippen LogP contribution in [0.4, 0.5) is 0 Å². The molecule has 2 fully saturated rings. The van der Waals surface area contributed by atoms with Gasteiger partial charge in [-0.15, -0.1) is 0 Å². The fourth-order valence-electron chi connectivity index (χ4n) is 2.54. The van der Waals surface area contributed by atoms with Crippen molar-refractivity contribution in [1.29, 1.82) is 0 Å². The van der Waals surface area contributed by atoms with Crippen molar-refractivity contribution in [2.45, 2.75) is 38.6 Å². The van der Waals surface area contributed by atoms with Gasteiger partial charge in [0.05, 0.1) is 5.92 Å². The predicted molar refractivity (Wildman–Crippen MR) is 56.0 cm³/mol. The van der Waals surface area contributed by atoms with Gasteiger partial charge in [0.25, 0.3) is 0 Å². The van der Waals surface area contributed by atoms with Crippen molar-refractivity contribution < 1.29 is 4.79 Å². The summed E-state index contributed by atoms with van der Waals surface area (Å²) in [6.07, 6.45) is 4.71. The summed E-state index contributed by atoms with van der Waals surface area (Å²) in [4.78, 5) is 14.2. The van der Waals surface area contributed by atoms with E-state index in [9.17, 15) is 4.79 Å². The van der Waals surface area contributed by atoms with Gasteiger partial charge in [-0.2, -0.15) is 0 Å². The van der Waals surface area contributed by atoms with Crippen molar-refractivity contribution in [2.75, 3.05) is 19.6 Å². The first-order chi connectivity index (χ1) is 6.79. The minimum absolute atomic E-state index is 0.244. The van der Waals surface area contributed by atoms with Gasteiger partial charge in [-0.1, -0.05) is 0 Å². The van der Waals surface area contributed by atoms with E-state index in [4.69, 9.17) is 0 Å². The average molecular weight is 196 g/mol. The third-order valence-corrected chi connectivity index (χ3v) is 3.51. The molecule has 2 saturated heterocycles. The van der Waals surface area contributed by atoms with Crippen molar-refractivity contribution in [3.63, 3.8) is 0 Å². The van der Waals surface area contributed by atoms with E-state index in [-0.39, 0.29) is 5.92 Å². The van der Waals surface area contributed by atoms with Crippen LogP contribution in [0.1, 0.15) is 32.6 Å². The summed E-state index contributed by atoms with van der Waals surface area (Å²) in [6, 6.07) is 0.379. The van der Waals surface area contributed by atoms with Gasteiger partial charge < -0.3 is 10.2 Å². The van der Waals surface area contributed by atoms with Crippen molar-refractivity contribution in [3.8, 4) is 0 Å². The van der Waals surface area contributed by atoms with E-state index in [0.29, 0.717) is 11.9 Å². The molecule has 2 aliphatic rings. The fraction of sp³-hybridized carbons (Fsp3) is 0.909. The molecule has 0 aromatic rings. The Morgan fingerprint density at radius 2 is 2.00 bits per heavy atom.